The van der Waals surface area contributed by atoms with Crippen LogP contribution in [0.3, 0.4) is 0 Å². The second-order valence-electron chi connectivity index (χ2n) is 9.84. The summed E-state index contributed by atoms with van der Waals surface area (Å²) in [5.74, 6) is 0. The maximum atomic E-state index is 12.8. The van der Waals surface area contributed by atoms with E-state index in [9.17, 15) is 19.7 Å². The van der Waals surface area contributed by atoms with E-state index in [0.717, 1.165) is 11.7 Å². The van der Waals surface area contributed by atoms with Crippen molar-refractivity contribution in [2.45, 2.75) is 120 Å². The van der Waals surface area contributed by atoms with Crippen molar-refractivity contribution in [3.8, 4) is 0 Å². The van der Waals surface area contributed by atoms with E-state index in [1.54, 1.807) is 18.7 Å². The van der Waals surface area contributed by atoms with Crippen LogP contribution in [0.5, 0.6) is 0 Å². The fraction of sp³-hybridized carbons (Fsp3) is 1.00. The van der Waals surface area contributed by atoms with Gasteiger partial charge in [0.05, 0.1) is 60.5 Å². The zero-order chi connectivity index (χ0) is 28.3. The molecule has 0 spiro atoms. The van der Waals surface area contributed by atoms with Crippen LogP contribution in [0.4, 0.5) is 4.39 Å². The van der Waals surface area contributed by atoms with E-state index < -0.39 is 24.5 Å². The van der Waals surface area contributed by atoms with Gasteiger partial charge in [0.25, 0.3) is 0 Å². The van der Waals surface area contributed by atoms with Gasteiger partial charge in [-0.1, -0.05) is 27.7 Å². The van der Waals surface area contributed by atoms with Crippen molar-refractivity contribution in [3.63, 3.8) is 0 Å². The average molecular weight is 611 g/mol. The Kier molecular flexibility index (Phi) is 18.0. The van der Waals surface area contributed by atoms with Gasteiger partial charge in [-0.15, -0.1) is 23.5 Å². The molecule has 0 radical (unpaired) electrons. The molecule has 4 heterocycles. The number of alkyl halides is 1. The summed E-state index contributed by atoms with van der Waals surface area (Å²) in [7, 11) is 0. The summed E-state index contributed by atoms with van der Waals surface area (Å²) in [5.41, 5.74) is 0. The van der Waals surface area contributed by atoms with E-state index in [1.165, 1.54) is 36.4 Å². The van der Waals surface area contributed by atoms with Gasteiger partial charge in [-0.2, -0.15) is 23.5 Å². The third-order valence-electron chi connectivity index (χ3n) is 6.62. The van der Waals surface area contributed by atoms with Crippen molar-refractivity contribution < 1.29 is 45.2 Å². The zero-order valence-electron chi connectivity index (χ0n) is 22.0. The molecule has 13 heteroatoms. The van der Waals surface area contributed by atoms with Crippen molar-refractivity contribution >= 4 is 47.0 Å². The Hall–Kier alpha value is 1.01. The van der Waals surface area contributed by atoms with Crippen molar-refractivity contribution in [2.75, 3.05) is 26.4 Å². The standard InChI is InChI=1S/C6H11FO2S.C6H12O3S.C6H12O2S.C6H12OS/c1-3-5(7)6(9)4(2-8)10-3;1-3-5(8)6(9)4(2-7)10-3;1-4-2-5(8)6(3-7)9-4;1-5-2-3-6(4-7)8-5/h3-6,8-9H,2H2,1H3;3-9H,2H2,1H3;4-8H,2-3H2,1H3;5-7H,2-4H2,1H3/t2*3-,4+,5-,6+;4-,5-,6+;5-,6-/m0000/s1. The van der Waals surface area contributed by atoms with Gasteiger partial charge < -0.3 is 40.9 Å². The molecule has 4 fully saturated rings. The summed E-state index contributed by atoms with van der Waals surface area (Å²) in [5, 5.41) is 72.5. The topological polar surface area (TPSA) is 162 Å². The minimum absolute atomic E-state index is 0.0344. The average Bonchev–Trinajstić information content (AvgIpc) is 3.59. The molecular formula is C24H47FO8S4. The fourth-order valence-corrected chi connectivity index (χ4v) is 9.38. The Balaban J connectivity index is 0.000000248. The summed E-state index contributed by atoms with van der Waals surface area (Å²) in [6.07, 6.45) is -0.553. The first kappa shape index (κ1) is 36.0. The van der Waals surface area contributed by atoms with Crippen molar-refractivity contribution in [1.29, 1.82) is 0 Å². The van der Waals surface area contributed by atoms with Gasteiger partial charge in [-0.3, -0.25) is 0 Å². The molecule has 0 aromatic carbocycles. The van der Waals surface area contributed by atoms with Crippen molar-refractivity contribution in [1.82, 2.24) is 0 Å². The van der Waals surface area contributed by atoms with Crippen LogP contribution < -0.4 is 0 Å². The Morgan fingerprint density at radius 3 is 1.35 bits per heavy atom. The maximum Gasteiger partial charge on any atom is 0.139 e. The highest BCUT2D eigenvalue weighted by Gasteiger charge is 2.41. The fourth-order valence-electron chi connectivity index (χ4n) is 4.27. The lowest BCUT2D eigenvalue weighted by Crippen LogP contribution is -2.32. The molecular weight excluding hydrogens is 564 g/mol. The number of rotatable bonds is 4. The molecule has 4 aliphatic rings. The lowest BCUT2D eigenvalue weighted by molar-refractivity contribution is 0.0221. The SMILES string of the molecule is C[C@@H]1S[C@H](CO)[C@@H](O)[C@H]1F.C[C@@H]1S[C@H](CO)[C@@H](O)[C@H]1O.C[C@H]1CC[C@@H](CO)S1.C[C@H]1C[C@H](O)[C@@H](CO)S1. The molecule has 13 atom stereocenters. The molecule has 0 aromatic rings. The highest BCUT2D eigenvalue weighted by molar-refractivity contribution is 8.01. The molecule has 8 nitrogen and oxygen atoms in total. The van der Waals surface area contributed by atoms with Gasteiger partial charge in [-0.05, 0) is 19.3 Å². The molecule has 222 valence electrons. The lowest BCUT2D eigenvalue weighted by atomic mass is 10.1. The largest absolute Gasteiger partial charge is 0.395 e. The molecule has 37 heavy (non-hydrogen) atoms. The third-order valence-corrected chi connectivity index (χ3v) is 12.5. The smallest absolute Gasteiger partial charge is 0.139 e. The summed E-state index contributed by atoms with van der Waals surface area (Å²) in [6.45, 7) is 8.13. The summed E-state index contributed by atoms with van der Waals surface area (Å²) < 4.78 is 12.8. The quantitative estimate of drug-likeness (QED) is 0.227. The van der Waals surface area contributed by atoms with Gasteiger partial charge >= 0.3 is 0 Å². The summed E-state index contributed by atoms with van der Waals surface area (Å²) in [4.78, 5) is 0. The van der Waals surface area contributed by atoms with Crippen LogP contribution in [0.25, 0.3) is 0 Å². The Labute approximate surface area is 237 Å². The molecule has 0 saturated carbocycles. The number of halogens is 1. The van der Waals surface area contributed by atoms with Crippen LogP contribution in [0, 0.1) is 0 Å². The molecule has 4 rings (SSSR count). The van der Waals surface area contributed by atoms with E-state index >= 15 is 0 Å². The van der Waals surface area contributed by atoms with Gasteiger partial charge in [0.15, 0.2) is 0 Å². The first-order valence-corrected chi connectivity index (χ1v) is 16.6. The van der Waals surface area contributed by atoms with E-state index in [-0.39, 0.29) is 52.2 Å². The highest BCUT2D eigenvalue weighted by atomic mass is 32.2. The van der Waals surface area contributed by atoms with Crippen LogP contribution in [-0.2, 0) is 0 Å². The molecule has 8 N–H and O–H groups in total. The third kappa shape index (κ3) is 11.8. The first-order chi connectivity index (χ1) is 17.4. The first-order valence-electron chi connectivity index (χ1n) is 12.8. The van der Waals surface area contributed by atoms with Gasteiger partial charge in [0.1, 0.15) is 12.3 Å². The highest BCUT2D eigenvalue weighted by Crippen LogP contribution is 2.36. The van der Waals surface area contributed by atoms with Crippen molar-refractivity contribution in [2.24, 2.45) is 0 Å². The molecule has 0 aromatic heterocycles. The van der Waals surface area contributed by atoms with Crippen LogP contribution in [-0.4, -0.2) is 140 Å². The number of aliphatic hydroxyl groups excluding tert-OH is 8. The Bertz CT molecular complexity index is 587. The van der Waals surface area contributed by atoms with Gasteiger partial charge in [-0.25, -0.2) is 4.39 Å². The molecule has 0 unspecified atom stereocenters. The number of hydrogen-bond donors (Lipinski definition) is 8. The molecule has 4 aliphatic heterocycles. The predicted molar refractivity (Wildman–Crippen MR) is 154 cm³/mol. The summed E-state index contributed by atoms with van der Waals surface area (Å²) in [6, 6.07) is 0. The molecule has 4 saturated heterocycles. The van der Waals surface area contributed by atoms with Crippen LogP contribution >= 0.6 is 47.0 Å². The van der Waals surface area contributed by atoms with Crippen molar-refractivity contribution in [3.05, 3.63) is 0 Å². The Morgan fingerprint density at radius 1 is 0.595 bits per heavy atom. The van der Waals surface area contributed by atoms with E-state index in [2.05, 4.69) is 13.8 Å². The van der Waals surface area contributed by atoms with E-state index in [4.69, 9.17) is 25.5 Å². The Morgan fingerprint density at radius 2 is 1.14 bits per heavy atom. The second-order valence-corrected chi connectivity index (χ2v) is 16.5. The normalized spacial score (nSPS) is 44.8. The lowest BCUT2D eigenvalue weighted by Gasteiger charge is -2.11. The minimum Gasteiger partial charge on any atom is -0.395 e. The summed E-state index contributed by atoms with van der Waals surface area (Å²) >= 11 is 6.33. The van der Waals surface area contributed by atoms with Crippen LogP contribution in [0.1, 0.15) is 47.0 Å². The number of hydrogen-bond acceptors (Lipinski definition) is 12. The number of aliphatic hydroxyl groups is 8. The van der Waals surface area contributed by atoms with E-state index in [0.29, 0.717) is 17.1 Å². The number of thioether (sulfide) groups is 4. The van der Waals surface area contributed by atoms with Gasteiger partial charge in [0, 0.05) is 26.2 Å². The van der Waals surface area contributed by atoms with Gasteiger partial charge in [0.2, 0.25) is 0 Å². The molecule has 0 amide bonds. The zero-order valence-corrected chi connectivity index (χ0v) is 25.3. The monoisotopic (exact) mass is 610 g/mol. The van der Waals surface area contributed by atoms with Crippen LogP contribution in [0.15, 0.2) is 0 Å². The molecule has 0 aliphatic carbocycles. The van der Waals surface area contributed by atoms with E-state index in [1.807, 2.05) is 18.7 Å². The van der Waals surface area contributed by atoms with Crippen LogP contribution in [0.2, 0.25) is 0 Å². The second kappa shape index (κ2) is 18.4. The maximum absolute atomic E-state index is 12.8. The predicted octanol–water partition coefficient (Wildman–Crippen LogP) is 0.882. The molecule has 0 bridgehead atoms. The minimum atomic E-state index is -1.18.